The van der Waals surface area contributed by atoms with Gasteiger partial charge in [0.05, 0.1) is 7.11 Å². The Kier molecular flexibility index (Phi) is 2.48. The number of hydrogen-bond acceptors (Lipinski definition) is 3. The fraction of sp³-hybridized carbons (Fsp3) is 0.200. The van der Waals surface area contributed by atoms with E-state index >= 15 is 0 Å². The molecule has 2 heterocycles. The summed E-state index contributed by atoms with van der Waals surface area (Å²) in [6, 6.07) is 3.73. The molecule has 0 spiro atoms. The van der Waals surface area contributed by atoms with Gasteiger partial charge in [-0.15, -0.1) is 0 Å². The molecular formula is C10H9BrN2O2. The van der Waals surface area contributed by atoms with Gasteiger partial charge < -0.3 is 4.74 Å². The monoisotopic (exact) mass is 268 g/mol. The Morgan fingerprint density at radius 1 is 1.60 bits per heavy atom. The molecule has 78 valence electrons. The molecule has 0 saturated heterocycles. The Labute approximate surface area is 95.0 Å². The summed E-state index contributed by atoms with van der Waals surface area (Å²) in [5.41, 5.74) is 1.39. The second kappa shape index (κ2) is 3.66. The van der Waals surface area contributed by atoms with E-state index in [2.05, 4.69) is 20.9 Å². The maximum Gasteiger partial charge on any atom is 0.419 e. The number of ether oxygens (including phenoxy) is 1. The molecule has 0 atom stereocenters. The normalized spacial score (nSPS) is 10.6. The number of hydrogen-bond donors (Lipinski definition) is 0. The summed E-state index contributed by atoms with van der Waals surface area (Å²) < 4.78 is 7.02. The van der Waals surface area contributed by atoms with Crippen molar-refractivity contribution in [3.05, 3.63) is 28.5 Å². The minimum atomic E-state index is -0.429. The van der Waals surface area contributed by atoms with E-state index in [0.717, 1.165) is 15.6 Å². The third kappa shape index (κ3) is 1.43. The fourth-order valence-corrected chi connectivity index (χ4v) is 2.00. The highest BCUT2D eigenvalue weighted by Crippen LogP contribution is 2.28. The molecule has 0 saturated carbocycles. The average Bonchev–Trinajstić information content (AvgIpc) is 2.52. The van der Waals surface area contributed by atoms with E-state index in [4.69, 9.17) is 4.74 Å². The molecule has 4 nitrogen and oxygen atoms in total. The summed E-state index contributed by atoms with van der Waals surface area (Å²) >= 11 is 3.43. The first-order valence-corrected chi connectivity index (χ1v) is 5.16. The zero-order valence-electron chi connectivity index (χ0n) is 8.32. The van der Waals surface area contributed by atoms with Crippen LogP contribution >= 0.6 is 15.9 Å². The molecule has 0 fully saturated rings. The molecule has 0 radical (unpaired) electrons. The largest absolute Gasteiger partial charge is 0.452 e. The molecule has 0 aliphatic rings. The number of carbonyl (C=O) groups is 1. The molecule has 2 aromatic heterocycles. The van der Waals surface area contributed by atoms with E-state index in [1.807, 2.05) is 19.1 Å². The first-order chi connectivity index (χ1) is 7.16. The van der Waals surface area contributed by atoms with Crippen LogP contribution in [-0.2, 0) is 4.74 Å². The highest BCUT2D eigenvalue weighted by molar-refractivity contribution is 9.10. The van der Waals surface area contributed by atoms with Crippen LogP contribution in [0, 0.1) is 6.92 Å². The molecular weight excluding hydrogens is 260 g/mol. The van der Waals surface area contributed by atoms with Crippen LogP contribution in [0.4, 0.5) is 4.79 Å². The van der Waals surface area contributed by atoms with Gasteiger partial charge in [0.15, 0.2) is 5.65 Å². The van der Waals surface area contributed by atoms with E-state index in [9.17, 15) is 4.79 Å². The van der Waals surface area contributed by atoms with E-state index in [0.29, 0.717) is 5.65 Å². The Balaban J connectivity index is 2.83. The first kappa shape index (κ1) is 10.2. The molecule has 0 N–H and O–H groups in total. The molecule has 5 heteroatoms. The van der Waals surface area contributed by atoms with Gasteiger partial charge in [0.2, 0.25) is 0 Å². The average molecular weight is 269 g/mol. The van der Waals surface area contributed by atoms with E-state index in [1.165, 1.54) is 11.7 Å². The van der Waals surface area contributed by atoms with Crippen molar-refractivity contribution in [3.8, 4) is 0 Å². The van der Waals surface area contributed by atoms with Gasteiger partial charge in [0, 0.05) is 21.7 Å². The van der Waals surface area contributed by atoms with Gasteiger partial charge in [-0.05, 0) is 35.0 Å². The van der Waals surface area contributed by atoms with Gasteiger partial charge in [0.1, 0.15) is 0 Å². The highest BCUT2D eigenvalue weighted by Gasteiger charge is 2.17. The summed E-state index contributed by atoms with van der Waals surface area (Å²) in [6.45, 7) is 1.84. The lowest BCUT2D eigenvalue weighted by atomic mass is 10.3. The van der Waals surface area contributed by atoms with Gasteiger partial charge in [0.25, 0.3) is 0 Å². The van der Waals surface area contributed by atoms with Crippen molar-refractivity contribution >= 4 is 33.1 Å². The molecule has 0 aromatic carbocycles. The van der Waals surface area contributed by atoms with E-state index in [1.54, 1.807) is 6.20 Å². The maximum atomic E-state index is 11.5. The van der Waals surface area contributed by atoms with Crippen LogP contribution in [0.3, 0.4) is 0 Å². The number of carbonyl (C=O) groups excluding carboxylic acids is 1. The lowest BCUT2D eigenvalue weighted by molar-refractivity contribution is 0.173. The van der Waals surface area contributed by atoms with Crippen LogP contribution in [0.15, 0.2) is 22.8 Å². The molecule has 0 unspecified atom stereocenters. The van der Waals surface area contributed by atoms with Gasteiger partial charge in [-0.25, -0.2) is 14.3 Å². The summed E-state index contributed by atoms with van der Waals surface area (Å²) in [5, 5.41) is 0.903. The molecule has 2 rings (SSSR count). The fourth-order valence-electron chi connectivity index (χ4n) is 1.51. The predicted octanol–water partition coefficient (Wildman–Crippen LogP) is 2.72. The van der Waals surface area contributed by atoms with E-state index < -0.39 is 6.09 Å². The standard InChI is InChI=1S/C10H9BrN2O2/c1-6-8(11)7-4-3-5-12-9(7)13(6)10(14)15-2/h3-5H,1-2H3. The number of nitrogens with zero attached hydrogens (tertiary/aromatic N) is 2. The Morgan fingerprint density at radius 2 is 2.33 bits per heavy atom. The van der Waals surface area contributed by atoms with Crippen LogP contribution in [-0.4, -0.2) is 22.8 Å². The van der Waals surface area contributed by atoms with Crippen molar-refractivity contribution in [3.63, 3.8) is 0 Å². The maximum absolute atomic E-state index is 11.5. The molecule has 0 aliphatic heterocycles. The SMILES string of the molecule is COC(=O)n1c(C)c(Br)c2cccnc21. The quantitative estimate of drug-likeness (QED) is 0.738. The van der Waals surface area contributed by atoms with Gasteiger partial charge in [-0.2, -0.15) is 0 Å². The van der Waals surface area contributed by atoms with Crippen molar-refractivity contribution in [2.75, 3.05) is 7.11 Å². The summed E-state index contributed by atoms with van der Waals surface area (Å²) in [6.07, 6.45) is 1.22. The van der Waals surface area contributed by atoms with Gasteiger partial charge >= 0.3 is 6.09 Å². The predicted molar refractivity (Wildman–Crippen MR) is 60.0 cm³/mol. The lowest BCUT2D eigenvalue weighted by Gasteiger charge is -2.02. The zero-order chi connectivity index (χ0) is 11.0. The summed E-state index contributed by atoms with van der Waals surface area (Å²) in [7, 11) is 1.35. The number of aromatic nitrogens is 2. The molecule has 15 heavy (non-hydrogen) atoms. The third-order valence-electron chi connectivity index (χ3n) is 2.25. The smallest absolute Gasteiger partial charge is 0.419 e. The number of rotatable bonds is 0. The molecule has 0 amide bonds. The Hall–Kier alpha value is -1.36. The van der Waals surface area contributed by atoms with Gasteiger partial charge in [-0.3, -0.25) is 0 Å². The second-order valence-electron chi connectivity index (χ2n) is 3.08. The van der Waals surface area contributed by atoms with Crippen LogP contribution in [0.1, 0.15) is 5.69 Å². The van der Waals surface area contributed by atoms with Crippen LogP contribution in [0.25, 0.3) is 11.0 Å². The van der Waals surface area contributed by atoms with Gasteiger partial charge in [-0.1, -0.05) is 0 Å². The first-order valence-electron chi connectivity index (χ1n) is 4.36. The Bertz CT molecular complexity index is 533. The zero-order valence-corrected chi connectivity index (χ0v) is 9.91. The Morgan fingerprint density at radius 3 is 3.00 bits per heavy atom. The summed E-state index contributed by atoms with van der Waals surface area (Å²) in [4.78, 5) is 15.7. The highest BCUT2D eigenvalue weighted by atomic mass is 79.9. The number of halogens is 1. The van der Waals surface area contributed by atoms with Crippen molar-refractivity contribution in [2.45, 2.75) is 6.92 Å². The number of pyridine rings is 1. The molecule has 2 aromatic rings. The van der Waals surface area contributed by atoms with Crippen molar-refractivity contribution in [2.24, 2.45) is 0 Å². The van der Waals surface area contributed by atoms with Crippen LogP contribution < -0.4 is 0 Å². The second-order valence-corrected chi connectivity index (χ2v) is 3.87. The minimum Gasteiger partial charge on any atom is -0.452 e. The summed E-state index contributed by atoms with van der Waals surface area (Å²) in [5.74, 6) is 0. The van der Waals surface area contributed by atoms with E-state index in [-0.39, 0.29) is 0 Å². The van der Waals surface area contributed by atoms with Crippen LogP contribution in [0.5, 0.6) is 0 Å². The van der Waals surface area contributed by atoms with Crippen molar-refractivity contribution < 1.29 is 9.53 Å². The van der Waals surface area contributed by atoms with Crippen molar-refractivity contribution in [1.82, 2.24) is 9.55 Å². The number of methoxy groups -OCH3 is 1. The third-order valence-corrected chi connectivity index (χ3v) is 3.25. The number of fused-ring (bicyclic) bond motifs is 1. The van der Waals surface area contributed by atoms with Crippen molar-refractivity contribution in [1.29, 1.82) is 0 Å². The lowest BCUT2D eigenvalue weighted by Crippen LogP contribution is -2.13. The topological polar surface area (TPSA) is 44.1 Å². The molecule has 0 bridgehead atoms. The molecule has 0 aliphatic carbocycles. The van der Waals surface area contributed by atoms with Crippen LogP contribution in [0.2, 0.25) is 0 Å². The minimum absolute atomic E-state index is 0.429.